The van der Waals surface area contributed by atoms with E-state index in [-0.39, 0.29) is 37.1 Å². The van der Waals surface area contributed by atoms with Gasteiger partial charge in [-0.2, -0.15) is 0 Å². The summed E-state index contributed by atoms with van der Waals surface area (Å²) in [5.41, 5.74) is 1.78. The number of aromatic nitrogens is 1. The van der Waals surface area contributed by atoms with Crippen LogP contribution in [0.25, 0.3) is 0 Å². The maximum Gasteiger partial charge on any atom is 0.278 e. The molecule has 0 N–H and O–H groups in total. The lowest BCUT2D eigenvalue weighted by atomic mass is 9.96. The number of rotatable bonds is 7. The van der Waals surface area contributed by atoms with Crippen molar-refractivity contribution in [2.75, 3.05) is 31.0 Å². The molecule has 0 aliphatic carbocycles. The Morgan fingerprint density at radius 3 is 2.56 bits per heavy atom. The summed E-state index contributed by atoms with van der Waals surface area (Å²) < 4.78 is 42.3. The van der Waals surface area contributed by atoms with Crippen molar-refractivity contribution in [2.24, 2.45) is 0 Å². The van der Waals surface area contributed by atoms with Gasteiger partial charge in [-0.1, -0.05) is 54.6 Å². The maximum atomic E-state index is 14.7. The lowest BCUT2D eigenvalue weighted by Crippen LogP contribution is -2.66. The number of hydrogen-bond acceptors (Lipinski definition) is 6. The largest absolute Gasteiger partial charge is 0.482 e. The summed E-state index contributed by atoms with van der Waals surface area (Å²) in [6.07, 6.45) is 2.88. The van der Waals surface area contributed by atoms with Gasteiger partial charge in [0, 0.05) is 23.7 Å². The number of pyridine rings is 1. The van der Waals surface area contributed by atoms with Crippen LogP contribution in [-0.4, -0.2) is 47.7 Å². The average molecular weight is 576 g/mol. The molecular weight excluding hydrogens is 548 g/mol. The van der Waals surface area contributed by atoms with E-state index >= 15 is 0 Å². The fourth-order valence-corrected chi connectivity index (χ4v) is 6.07. The molecule has 0 radical (unpaired) electrons. The molecule has 0 spiro atoms. The quantitative estimate of drug-likeness (QED) is 0.290. The van der Waals surface area contributed by atoms with Gasteiger partial charge in [0.05, 0.1) is 19.3 Å². The highest BCUT2D eigenvalue weighted by Gasteiger charge is 2.45. The van der Waals surface area contributed by atoms with Gasteiger partial charge in [0.25, 0.3) is 5.91 Å². The summed E-state index contributed by atoms with van der Waals surface area (Å²) in [6, 6.07) is 21.5. The minimum absolute atomic E-state index is 0.0702. The second-order valence-corrected chi connectivity index (χ2v) is 10.6. The number of morpholine rings is 1. The first-order valence-electron chi connectivity index (χ1n) is 13.2. The van der Waals surface area contributed by atoms with Crippen molar-refractivity contribution in [1.82, 2.24) is 9.58 Å². The van der Waals surface area contributed by atoms with E-state index in [1.54, 1.807) is 15.6 Å². The molecule has 4 aromatic rings. The van der Waals surface area contributed by atoms with Crippen molar-refractivity contribution in [3.63, 3.8) is 0 Å². The van der Waals surface area contributed by atoms with Gasteiger partial charge in [0.15, 0.2) is 23.1 Å². The molecule has 0 saturated carbocycles. The lowest BCUT2D eigenvalue weighted by molar-refractivity contribution is -0.0199. The third-order valence-electron chi connectivity index (χ3n) is 7.34. The number of hydrogen-bond donors (Lipinski definition) is 0. The van der Waals surface area contributed by atoms with E-state index < -0.39 is 29.3 Å². The molecule has 2 aliphatic rings. The van der Waals surface area contributed by atoms with Crippen LogP contribution in [0.15, 0.2) is 94.7 Å². The van der Waals surface area contributed by atoms with E-state index in [4.69, 9.17) is 9.47 Å². The van der Waals surface area contributed by atoms with Crippen molar-refractivity contribution in [2.45, 2.75) is 23.7 Å². The van der Waals surface area contributed by atoms with Crippen molar-refractivity contribution in [3.05, 3.63) is 129 Å². The molecule has 1 fully saturated rings. The molecule has 1 saturated heterocycles. The van der Waals surface area contributed by atoms with Crippen LogP contribution in [0.2, 0.25) is 0 Å². The molecule has 10 heteroatoms. The van der Waals surface area contributed by atoms with Gasteiger partial charge < -0.3 is 14.4 Å². The van der Waals surface area contributed by atoms with Crippen LogP contribution < -0.4 is 15.2 Å². The highest BCUT2D eigenvalue weighted by atomic mass is 32.2. The molecule has 0 bridgehead atoms. The van der Waals surface area contributed by atoms with E-state index in [1.807, 2.05) is 65.9 Å². The molecule has 3 aromatic carbocycles. The zero-order valence-electron chi connectivity index (χ0n) is 22.2. The molecule has 1 aromatic heterocycles. The van der Waals surface area contributed by atoms with Crippen molar-refractivity contribution >= 4 is 17.7 Å². The first-order chi connectivity index (χ1) is 20.0. The zero-order chi connectivity index (χ0) is 28.5. The first-order valence-corrected chi connectivity index (χ1v) is 14.4. The number of thioether (sulfide) groups is 1. The summed E-state index contributed by atoms with van der Waals surface area (Å²) in [4.78, 5) is 29.7. The van der Waals surface area contributed by atoms with Gasteiger partial charge in [-0.15, -0.1) is 11.8 Å². The third kappa shape index (κ3) is 4.98. The van der Waals surface area contributed by atoms with Gasteiger partial charge in [-0.25, -0.2) is 8.78 Å². The van der Waals surface area contributed by atoms with Crippen LogP contribution in [-0.2, 0) is 11.3 Å². The van der Waals surface area contributed by atoms with Crippen LogP contribution in [0.1, 0.15) is 33.2 Å². The second-order valence-electron chi connectivity index (χ2n) is 9.73. The van der Waals surface area contributed by atoms with E-state index in [1.165, 1.54) is 30.1 Å². The topological polar surface area (TPSA) is 64.0 Å². The lowest BCUT2D eigenvalue weighted by Gasteiger charge is -2.51. The molecule has 41 heavy (non-hydrogen) atoms. The van der Waals surface area contributed by atoms with Gasteiger partial charge in [0.2, 0.25) is 5.43 Å². The number of benzene rings is 3. The van der Waals surface area contributed by atoms with Crippen LogP contribution in [0.4, 0.5) is 8.78 Å². The fraction of sp³-hybridized carbons (Fsp3) is 0.226. The molecule has 0 unspecified atom stereocenters. The smallest absolute Gasteiger partial charge is 0.278 e. The zero-order valence-corrected chi connectivity index (χ0v) is 23.0. The molecule has 2 aliphatic heterocycles. The maximum absolute atomic E-state index is 14.7. The number of ether oxygens (including phenoxy) is 2. The number of halogens is 2. The van der Waals surface area contributed by atoms with Gasteiger partial charge in [-0.05, 0) is 41.1 Å². The number of nitrogens with zero attached hydrogens (tertiary/aromatic N) is 3. The van der Waals surface area contributed by atoms with Crippen LogP contribution >= 0.6 is 11.8 Å². The summed E-state index contributed by atoms with van der Waals surface area (Å²) in [6.45, 7) is 0.883. The predicted octanol–water partition coefficient (Wildman–Crippen LogP) is 4.97. The monoisotopic (exact) mass is 575 g/mol. The highest BCUT2D eigenvalue weighted by Crippen LogP contribution is 2.39. The predicted molar refractivity (Wildman–Crippen MR) is 152 cm³/mol. The number of carbonyl (C=O) groups excluding carboxylic acids is 1. The number of amides is 1. The van der Waals surface area contributed by atoms with E-state index in [0.717, 1.165) is 22.1 Å². The Bertz CT molecular complexity index is 1650. The van der Waals surface area contributed by atoms with Gasteiger partial charge >= 0.3 is 0 Å². The van der Waals surface area contributed by atoms with Gasteiger partial charge in [-0.3, -0.25) is 19.3 Å². The minimum atomic E-state index is -0.981. The van der Waals surface area contributed by atoms with Crippen LogP contribution in [0.5, 0.6) is 5.75 Å². The molecule has 210 valence electrons. The molecule has 3 heterocycles. The first kappa shape index (κ1) is 27.0. The van der Waals surface area contributed by atoms with E-state index in [9.17, 15) is 18.4 Å². The average Bonchev–Trinajstić information content (AvgIpc) is 3.00. The Morgan fingerprint density at radius 2 is 1.78 bits per heavy atom. The highest BCUT2D eigenvalue weighted by molar-refractivity contribution is 7.98. The number of carbonyl (C=O) groups is 1. The Labute approximate surface area is 239 Å². The molecule has 6 rings (SSSR count). The fourth-order valence-electron chi connectivity index (χ4n) is 5.44. The van der Waals surface area contributed by atoms with E-state index in [0.29, 0.717) is 12.2 Å². The summed E-state index contributed by atoms with van der Waals surface area (Å²) in [7, 11) is 0. The van der Waals surface area contributed by atoms with Crippen molar-refractivity contribution in [1.29, 1.82) is 0 Å². The Balaban J connectivity index is 1.57. The van der Waals surface area contributed by atoms with Crippen molar-refractivity contribution < 1.29 is 23.0 Å². The Hall–Kier alpha value is -4.15. The summed E-state index contributed by atoms with van der Waals surface area (Å²) in [5.74, 6) is -2.37. The second kappa shape index (κ2) is 11.4. The minimum Gasteiger partial charge on any atom is -0.482 e. The van der Waals surface area contributed by atoms with Crippen molar-refractivity contribution in [3.8, 4) is 5.75 Å². The molecule has 2 atom stereocenters. The Kier molecular flexibility index (Phi) is 7.51. The molecule has 7 nitrogen and oxygen atoms in total. The molecule has 1 amide bonds. The SMILES string of the molecule is CSc1ccccc1[C@@H](c1ccc(F)c(F)c1)N1[C@@H]2COCCN2C(=O)c2c(OCc3ccccc3)c(=O)ccn21. The number of fused-ring (bicyclic) bond motifs is 2. The Morgan fingerprint density at radius 1 is 1.00 bits per heavy atom. The normalized spacial score (nSPS) is 17.1. The standard InChI is InChI=1S/C31H27F2N3O4S/c1-41-26-10-6-5-9-22(26)28(21-11-12-23(32)24(33)17-21)36-27-19-39-16-15-34(27)31(38)29-30(25(37)13-14-35(29)36)40-18-20-7-3-2-4-8-20/h2-14,17,27-28H,15-16,18-19H2,1H3/t27-,28-/m1/s1. The summed E-state index contributed by atoms with van der Waals surface area (Å²) in [5, 5.41) is 1.90. The van der Waals surface area contributed by atoms with Crippen LogP contribution in [0.3, 0.4) is 0 Å². The third-order valence-corrected chi connectivity index (χ3v) is 8.15. The summed E-state index contributed by atoms with van der Waals surface area (Å²) >= 11 is 1.52. The van der Waals surface area contributed by atoms with E-state index in [2.05, 4.69) is 0 Å². The van der Waals surface area contributed by atoms with Crippen LogP contribution in [0, 0.1) is 11.6 Å². The molecular formula is C31H27F2N3O4S. The van der Waals surface area contributed by atoms with Gasteiger partial charge in [0.1, 0.15) is 12.8 Å².